The molecular weight excluding hydrogens is 216 g/mol. The van der Waals surface area contributed by atoms with Crippen LogP contribution in [0.15, 0.2) is 0 Å². The highest BCUT2D eigenvalue weighted by atomic mass is 16.5. The molecule has 2 aliphatic rings. The maximum atomic E-state index is 11.8. The number of amides is 1. The van der Waals surface area contributed by atoms with Crippen LogP contribution in [-0.2, 0) is 9.53 Å². The molecule has 17 heavy (non-hydrogen) atoms. The highest BCUT2D eigenvalue weighted by molar-refractivity contribution is 5.78. The van der Waals surface area contributed by atoms with Crippen molar-refractivity contribution in [2.75, 3.05) is 39.3 Å². The predicted octanol–water partition coefficient (Wildman–Crippen LogP) is 0.966. The molecule has 2 fully saturated rings. The lowest BCUT2D eigenvalue weighted by Crippen LogP contribution is -2.51. The molecular formula is C13H24N2O2. The molecule has 0 aromatic carbocycles. The Hall–Kier alpha value is -0.610. The average molecular weight is 240 g/mol. The summed E-state index contributed by atoms with van der Waals surface area (Å²) in [5.74, 6) is 0.418. The second-order valence-corrected chi connectivity index (χ2v) is 5.42. The molecule has 2 aliphatic heterocycles. The zero-order valence-electron chi connectivity index (χ0n) is 11.0. The van der Waals surface area contributed by atoms with Gasteiger partial charge in [0.15, 0.2) is 0 Å². The lowest BCUT2D eigenvalue weighted by atomic mass is 10.1. The molecule has 0 aliphatic carbocycles. The van der Waals surface area contributed by atoms with E-state index in [1.807, 2.05) is 18.7 Å². The van der Waals surface area contributed by atoms with Gasteiger partial charge >= 0.3 is 0 Å². The molecule has 0 aromatic heterocycles. The van der Waals surface area contributed by atoms with E-state index in [1.54, 1.807) is 0 Å². The van der Waals surface area contributed by atoms with E-state index in [0.717, 1.165) is 39.3 Å². The standard InChI is InChI=1S/C13H24N2O2/c1-11(2)13(16)15-7-5-14(6-8-15)10-12-4-3-9-17-12/h11-12H,3-10H2,1-2H3. The van der Waals surface area contributed by atoms with Gasteiger partial charge in [0.2, 0.25) is 5.91 Å². The average Bonchev–Trinajstić information content (AvgIpc) is 2.82. The molecule has 2 heterocycles. The molecule has 4 heteroatoms. The Bertz CT molecular complexity index is 254. The zero-order chi connectivity index (χ0) is 12.3. The Balaban J connectivity index is 1.72. The number of carbonyl (C=O) groups is 1. The van der Waals surface area contributed by atoms with Gasteiger partial charge in [-0.3, -0.25) is 9.69 Å². The van der Waals surface area contributed by atoms with Crippen molar-refractivity contribution in [1.29, 1.82) is 0 Å². The molecule has 1 amide bonds. The monoisotopic (exact) mass is 240 g/mol. The van der Waals surface area contributed by atoms with Gasteiger partial charge in [0.05, 0.1) is 6.10 Å². The van der Waals surface area contributed by atoms with Gasteiger partial charge in [-0.25, -0.2) is 0 Å². The first kappa shape index (κ1) is 12.8. The third-order valence-electron chi connectivity index (χ3n) is 3.66. The first-order valence-electron chi connectivity index (χ1n) is 6.79. The number of carbonyl (C=O) groups excluding carboxylic acids is 1. The van der Waals surface area contributed by atoms with Crippen LogP contribution in [0.2, 0.25) is 0 Å². The Labute approximate surface area is 104 Å². The van der Waals surface area contributed by atoms with Crippen LogP contribution in [0.5, 0.6) is 0 Å². The lowest BCUT2D eigenvalue weighted by molar-refractivity contribution is -0.136. The van der Waals surface area contributed by atoms with Crippen molar-refractivity contribution in [3.05, 3.63) is 0 Å². The summed E-state index contributed by atoms with van der Waals surface area (Å²) in [4.78, 5) is 16.3. The molecule has 0 aromatic rings. The van der Waals surface area contributed by atoms with Gasteiger partial charge in [0.25, 0.3) is 0 Å². The number of hydrogen-bond acceptors (Lipinski definition) is 3. The summed E-state index contributed by atoms with van der Waals surface area (Å²) in [5.41, 5.74) is 0. The van der Waals surface area contributed by atoms with E-state index in [-0.39, 0.29) is 5.92 Å². The molecule has 0 saturated carbocycles. The summed E-state index contributed by atoms with van der Waals surface area (Å²) in [5, 5.41) is 0. The maximum Gasteiger partial charge on any atom is 0.225 e. The minimum atomic E-state index is 0.125. The van der Waals surface area contributed by atoms with Crippen LogP contribution in [0.3, 0.4) is 0 Å². The summed E-state index contributed by atoms with van der Waals surface area (Å²) in [6, 6.07) is 0. The summed E-state index contributed by atoms with van der Waals surface area (Å²) in [6.07, 6.45) is 2.84. The molecule has 4 nitrogen and oxygen atoms in total. The number of piperazine rings is 1. The first-order valence-corrected chi connectivity index (χ1v) is 6.79. The van der Waals surface area contributed by atoms with Gasteiger partial charge in [0, 0.05) is 45.2 Å². The number of hydrogen-bond donors (Lipinski definition) is 0. The van der Waals surface area contributed by atoms with Gasteiger partial charge in [-0.2, -0.15) is 0 Å². The Morgan fingerprint density at radius 2 is 2.00 bits per heavy atom. The van der Waals surface area contributed by atoms with Crippen LogP contribution in [0.25, 0.3) is 0 Å². The van der Waals surface area contributed by atoms with E-state index in [2.05, 4.69) is 4.90 Å². The molecule has 2 rings (SSSR count). The predicted molar refractivity (Wildman–Crippen MR) is 66.8 cm³/mol. The fourth-order valence-corrected chi connectivity index (χ4v) is 2.59. The third-order valence-corrected chi connectivity index (χ3v) is 3.66. The topological polar surface area (TPSA) is 32.8 Å². The summed E-state index contributed by atoms with van der Waals surface area (Å²) < 4.78 is 5.65. The van der Waals surface area contributed by atoms with E-state index in [1.165, 1.54) is 12.8 Å². The van der Waals surface area contributed by atoms with Gasteiger partial charge in [-0.15, -0.1) is 0 Å². The van der Waals surface area contributed by atoms with E-state index in [0.29, 0.717) is 12.0 Å². The molecule has 1 unspecified atom stereocenters. The number of ether oxygens (including phenoxy) is 1. The lowest BCUT2D eigenvalue weighted by Gasteiger charge is -2.36. The van der Waals surface area contributed by atoms with Gasteiger partial charge < -0.3 is 9.64 Å². The quantitative estimate of drug-likeness (QED) is 0.737. The van der Waals surface area contributed by atoms with E-state index in [9.17, 15) is 4.79 Å². The highest BCUT2D eigenvalue weighted by Crippen LogP contribution is 2.15. The van der Waals surface area contributed by atoms with Gasteiger partial charge in [-0.1, -0.05) is 13.8 Å². The van der Waals surface area contributed by atoms with Crippen LogP contribution in [0.1, 0.15) is 26.7 Å². The fourth-order valence-electron chi connectivity index (χ4n) is 2.59. The first-order chi connectivity index (χ1) is 8.16. The molecule has 1 atom stereocenters. The normalized spacial score (nSPS) is 26.8. The van der Waals surface area contributed by atoms with Crippen LogP contribution < -0.4 is 0 Å². The smallest absolute Gasteiger partial charge is 0.225 e. The number of nitrogens with zero attached hydrogens (tertiary/aromatic N) is 2. The van der Waals surface area contributed by atoms with Crippen LogP contribution in [0.4, 0.5) is 0 Å². The van der Waals surface area contributed by atoms with Crippen molar-refractivity contribution in [2.24, 2.45) is 5.92 Å². The summed E-state index contributed by atoms with van der Waals surface area (Å²) in [7, 11) is 0. The Morgan fingerprint density at radius 3 is 2.53 bits per heavy atom. The number of rotatable bonds is 3. The van der Waals surface area contributed by atoms with Crippen molar-refractivity contribution >= 4 is 5.91 Å². The van der Waals surface area contributed by atoms with Crippen molar-refractivity contribution in [1.82, 2.24) is 9.80 Å². The Kier molecular flexibility index (Phi) is 4.40. The molecule has 0 spiro atoms. The molecule has 2 saturated heterocycles. The fraction of sp³-hybridized carbons (Fsp3) is 0.923. The largest absolute Gasteiger partial charge is 0.377 e. The summed E-state index contributed by atoms with van der Waals surface area (Å²) >= 11 is 0. The maximum absolute atomic E-state index is 11.8. The zero-order valence-corrected chi connectivity index (χ0v) is 11.0. The van der Waals surface area contributed by atoms with E-state index >= 15 is 0 Å². The SMILES string of the molecule is CC(C)C(=O)N1CCN(CC2CCCO2)CC1. The van der Waals surface area contributed by atoms with Crippen LogP contribution in [-0.4, -0.2) is 61.1 Å². The van der Waals surface area contributed by atoms with E-state index < -0.39 is 0 Å². The van der Waals surface area contributed by atoms with Gasteiger partial charge in [-0.05, 0) is 12.8 Å². The third kappa shape index (κ3) is 3.42. The molecule has 0 bridgehead atoms. The Morgan fingerprint density at radius 1 is 1.29 bits per heavy atom. The van der Waals surface area contributed by atoms with Crippen LogP contribution >= 0.6 is 0 Å². The van der Waals surface area contributed by atoms with Crippen LogP contribution in [0, 0.1) is 5.92 Å². The minimum Gasteiger partial charge on any atom is -0.377 e. The summed E-state index contributed by atoms with van der Waals surface area (Å²) in [6.45, 7) is 9.67. The second-order valence-electron chi connectivity index (χ2n) is 5.42. The van der Waals surface area contributed by atoms with Gasteiger partial charge in [0.1, 0.15) is 0 Å². The van der Waals surface area contributed by atoms with E-state index in [4.69, 9.17) is 4.74 Å². The minimum absolute atomic E-state index is 0.125. The molecule has 0 radical (unpaired) electrons. The second kappa shape index (κ2) is 5.83. The van der Waals surface area contributed by atoms with Crippen molar-refractivity contribution in [3.63, 3.8) is 0 Å². The molecule has 98 valence electrons. The van der Waals surface area contributed by atoms with Crippen molar-refractivity contribution in [2.45, 2.75) is 32.8 Å². The van der Waals surface area contributed by atoms with Crippen molar-refractivity contribution < 1.29 is 9.53 Å². The van der Waals surface area contributed by atoms with Crippen molar-refractivity contribution in [3.8, 4) is 0 Å². The highest BCUT2D eigenvalue weighted by Gasteiger charge is 2.25. The molecule has 0 N–H and O–H groups in total.